The molecule has 64 valence electrons. The van der Waals surface area contributed by atoms with Gasteiger partial charge in [0, 0.05) is 12.3 Å². The predicted molar refractivity (Wildman–Crippen MR) is 41.8 cm³/mol. The van der Waals surface area contributed by atoms with E-state index in [4.69, 9.17) is 16.7 Å². The van der Waals surface area contributed by atoms with Crippen LogP contribution in [0.25, 0.3) is 0 Å². The molecule has 0 spiro atoms. The van der Waals surface area contributed by atoms with E-state index in [0.717, 1.165) is 6.42 Å². The minimum atomic E-state index is -1.05. The molecule has 0 unspecified atom stereocenters. The number of carbonyl (C=O) groups is 2. The molecular formula is C7H11ClO3. The number of hydrogen-bond acceptors (Lipinski definition) is 2. The van der Waals surface area contributed by atoms with Gasteiger partial charge in [0.15, 0.2) is 0 Å². The van der Waals surface area contributed by atoms with Gasteiger partial charge in [0.1, 0.15) is 12.2 Å². The first kappa shape index (κ1) is 10.4. The smallest absolute Gasteiger partial charge is 0.310 e. The van der Waals surface area contributed by atoms with E-state index < -0.39 is 5.97 Å². The second-order valence-corrected chi connectivity index (χ2v) is 2.63. The molecule has 0 aliphatic carbocycles. The van der Waals surface area contributed by atoms with Crippen LogP contribution < -0.4 is 0 Å². The molecule has 11 heavy (non-hydrogen) atoms. The number of hydrogen-bond donors (Lipinski definition) is 1. The summed E-state index contributed by atoms with van der Waals surface area (Å²) in [6.45, 7) is 0. The Balaban J connectivity index is 3.30. The highest BCUT2D eigenvalue weighted by molar-refractivity contribution is 6.17. The second-order valence-electron chi connectivity index (χ2n) is 2.26. The van der Waals surface area contributed by atoms with Crippen molar-refractivity contribution in [2.24, 2.45) is 0 Å². The molecular weight excluding hydrogens is 168 g/mol. The van der Waals surface area contributed by atoms with Gasteiger partial charge in [-0.15, -0.1) is 11.6 Å². The first-order valence-corrected chi connectivity index (χ1v) is 3.99. The molecule has 3 nitrogen and oxygen atoms in total. The zero-order chi connectivity index (χ0) is 8.69. The summed E-state index contributed by atoms with van der Waals surface area (Å²) < 4.78 is 0. The van der Waals surface area contributed by atoms with Crippen LogP contribution in [0.4, 0.5) is 0 Å². The van der Waals surface area contributed by atoms with E-state index in [2.05, 4.69) is 0 Å². The fraction of sp³-hybridized carbons (Fsp3) is 0.714. The van der Waals surface area contributed by atoms with Gasteiger partial charge in [-0.1, -0.05) is 0 Å². The van der Waals surface area contributed by atoms with Gasteiger partial charge in [0.05, 0.1) is 0 Å². The van der Waals surface area contributed by atoms with Gasteiger partial charge in [-0.2, -0.15) is 0 Å². The van der Waals surface area contributed by atoms with Crippen molar-refractivity contribution >= 4 is 23.4 Å². The zero-order valence-corrected chi connectivity index (χ0v) is 6.93. The number of carbonyl (C=O) groups excluding carboxylic acids is 1. The number of halogens is 1. The van der Waals surface area contributed by atoms with Gasteiger partial charge in [-0.3, -0.25) is 9.59 Å². The summed E-state index contributed by atoms with van der Waals surface area (Å²) in [5.41, 5.74) is 0. The molecule has 0 atom stereocenters. The Labute approximate surface area is 70.3 Å². The molecule has 0 aromatic carbocycles. The third-order valence-corrected chi connectivity index (χ3v) is 1.45. The summed E-state index contributed by atoms with van der Waals surface area (Å²) in [6, 6.07) is 0. The number of ketones is 1. The summed E-state index contributed by atoms with van der Waals surface area (Å²) in [4.78, 5) is 20.7. The van der Waals surface area contributed by atoms with Gasteiger partial charge in [0.25, 0.3) is 0 Å². The van der Waals surface area contributed by atoms with Crippen LogP contribution >= 0.6 is 11.6 Å². The highest BCUT2D eigenvalue weighted by Crippen LogP contribution is 2.00. The first-order chi connectivity index (χ1) is 5.16. The van der Waals surface area contributed by atoms with Crippen molar-refractivity contribution in [2.45, 2.75) is 25.7 Å². The molecule has 0 amide bonds. The Hall–Kier alpha value is -0.570. The Kier molecular flexibility index (Phi) is 5.84. The molecule has 0 bridgehead atoms. The minimum absolute atomic E-state index is 0.220. The fourth-order valence-corrected chi connectivity index (χ4v) is 0.863. The number of alkyl halides is 1. The van der Waals surface area contributed by atoms with E-state index in [1.54, 1.807) is 0 Å². The van der Waals surface area contributed by atoms with Gasteiger partial charge in [-0.05, 0) is 12.8 Å². The van der Waals surface area contributed by atoms with E-state index in [1.165, 1.54) is 0 Å². The van der Waals surface area contributed by atoms with Crippen molar-refractivity contribution in [3.05, 3.63) is 0 Å². The van der Waals surface area contributed by atoms with Crippen molar-refractivity contribution in [1.29, 1.82) is 0 Å². The molecule has 0 radical (unpaired) electrons. The normalized spacial score (nSPS) is 9.55. The molecule has 0 saturated carbocycles. The van der Waals surface area contributed by atoms with E-state index in [9.17, 15) is 9.59 Å². The lowest BCUT2D eigenvalue weighted by Crippen LogP contribution is -2.06. The molecule has 4 heteroatoms. The van der Waals surface area contributed by atoms with Crippen LogP contribution in [-0.4, -0.2) is 22.7 Å². The van der Waals surface area contributed by atoms with Crippen LogP contribution in [0.1, 0.15) is 25.7 Å². The Morgan fingerprint density at radius 2 is 1.91 bits per heavy atom. The van der Waals surface area contributed by atoms with Gasteiger partial charge in [0.2, 0.25) is 0 Å². The average molecular weight is 179 g/mol. The SMILES string of the molecule is O=C(O)CC(=O)CCCCCl. The maximum atomic E-state index is 10.7. The topological polar surface area (TPSA) is 54.4 Å². The lowest BCUT2D eigenvalue weighted by molar-refractivity contribution is -0.140. The summed E-state index contributed by atoms with van der Waals surface area (Å²) in [5, 5.41) is 8.19. The Morgan fingerprint density at radius 1 is 1.27 bits per heavy atom. The summed E-state index contributed by atoms with van der Waals surface area (Å²) in [6.07, 6.45) is 1.43. The summed E-state index contributed by atoms with van der Waals surface area (Å²) in [5.74, 6) is -0.746. The monoisotopic (exact) mass is 178 g/mol. The summed E-state index contributed by atoms with van der Waals surface area (Å²) in [7, 11) is 0. The number of Topliss-reactive ketones (excluding diaryl/α,β-unsaturated/α-hetero) is 1. The zero-order valence-electron chi connectivity index (χ0n) is 6.18. The number of carboxylic acid groups (broad SMARTS) is 1. The maximum Gasteiger partial charge on any atom is 0.310 e. The highest BCUT2D eigenvalue weighted by atomic mass is 35.5. The molecule has 0 aromatic rings. The van der Waals surface area contributed by atoms with Gasteiger partial charge >= 0.3 is 5.97 Å². The standard InChI is InChI=1S/C7H11ClO3/c8-4-2-1-3-6(9)5-7(10)11/h1-5H2,(H,10,11). The quantitative estimate of drug-likeness (QED) is 0.381. The lowest BCUT2D eigenvalue weighted by Gasteiger charge is -1.94. The lowest BCUT2D eigenvalue weighted by atomic mass is 10.1. The van der Waals surface area contributed by atoms with Crippen molar-refractivity contribution in [1.82, 2.24) is 0 Å². The molecule has 0 aliphatic rings. The van der Waals surface area contributed by atoms with Crippen LogP contribution in [0.2, 0.25) is 0 Å². The predicted octanol–water partition coefficient (Wildman–Crippen LogP) is 1.44. The highest BCUT2D eigenvalue weighted by Gasteiger charge is 2.06. The first-order valence-electron chi connectivity index (χ1n) is 3.46. The van der Waals surface area contributed by atoms with Crippen LogP contribution in [0.3, 0.4) is 0 Å². The Bertz CT molecular complexity index is 145. The number of unbranched alkanes of at least 4 members (excludes halogenated alkanes) is 1. The average Bonchev–Trinajstić information content (AvgIpc) is 1.86. The molecule has 0 heterocycles. The molecule has 0 aliphatic heterocycles. The van der Waals surface area contributed by atoms with Crippen LogP contribution in [0.5, 0.6) is 0 Å². The fourth-order valence-electron chi connectivity index (χ4n) is 0.674. The summed E-state index contributed by atoms with van der Waals surface area (Å²) >= 11 is 5.36. The van der Waals surface area contributed by atoms with E-state index in [-0.39, 0.29) is 12.2 Å². The Morgan fingerprint density at radius 3 is 2.36 bits per heavy atom. The molecule has 1 N–H and O–H groups in total. The van der Waals surface area contributed by atoms with E-state index >= 15 is 0 Å². The third kappa shape index (κ3) is 7.33. The third-order valence-electron chi connectivity index (χ3n) is 1.19. The van der Waals surface area contributed by atoms with E-state index in [0.29, 0.717) is 18.7 Å². The van der Waals surface area contributed by atoms with Crippen LogP contribution in [0, 0.1) is 0 Å². The largest absolute Gasteiger partial charge is 0.481 e. The molecule has 0 aromatic heterocycles. The molecule has 0 saturated heterocycles. The number of aliphatic carboxylic acids is 1. The molecule has 0 rings (SSSR count). The minimum Gasteiger partial charge on any atom is -0.481 e. The van der Waals surface area contributed by atoms with Crippen molar-refractivity contribution < 1.29 is 14.7 Å². The van der Waals surface area contributed by atoms with Crippen molar-refractivity contribution in [3.8, 4) is 0 Å². The van der Waals surface area contributed by atoms with Gasteiger partial charge in [-0.25, -0.2) is 0 Å². The number of carboxylic acids is 1. The van der Waals surface area contributed by atoms with Crippen molar-refractivity contribution in [3.63, 3.8) is 0 Å². The molecule has 0 fully saturated rings. The maximum absolute atomic E-state index is 10.7. The van der Waals surface area contributed by atoms with Crippen LogP contribution in [-0.2, 0) is 9.59 Å². The second kappa shape index (κ2) is 6.16. The van der Waals surface area contributed by atoms with E-state index in [1.807, 2.05) is 0 Å². The number of rotatable bonds is 6. The van der Waals surface area contributed by atoms with Gasteiger partial charge < -0.3 is 5.11 Å². The van der Waals surface area contributed by atoms with Crippen molar-refractivity contribution in [2.75, 3.05) is 5.88 Å². The van der Waals surface area contributed by atoms with Crippen LogP contribution in [0.15, 0.2) is 0 Å².